The van der Waals surface area contributed by atoms with Crippen LogP contribution in [0.1, 0.15) is 65.2 Å². The summed E-state index contributed by atoms with van der Waals surface area (Å²) in [6, 6.07) is 0. The first kappa shape index (κ1) is 16.3. The van der Waals surface area contributed by atoms with Gasteiger partial charge in [0.15, 0.2) is 5.65 Å². The number of rotatable bonds is 5. The van der Waals surface area contributed by atoms with E-state index in [0.29, 0.717) is 34.3 Å². The zero-order valence-electron chi connectivity index (χ0n) is 15.7. The molecule has 6 heteroatoms. The molecule has 0 spiro atoms. The highest BCUT2D eigenvalue weighted by Crippen LogP contribution is 2.73. The maximum atomic E-state index is 13.3. The van der Waals surface area contributed by atoms with Crippen LogP contribution in [0, 0.1) is 23.2 Å². The zero-order chi connectivity index (χ0) is 18.1. The van der Waals surface area contributed by atoms with E-state index >= 15 is 0 Å². The van der Waals surface area contributed by atoms with Crippen LogP contribution in [-0.4, -0.2) is 19.5 Å². The van der Waals surface area contributed by atoms with Gasteiger partial charge in [0, 0.05) is 0 Å². The Hall–Kier alpha value is -1.85. The van der Waals surface area contributed by atoms with Gasteiger partial charge in [0.2, 0.25) is 0 Å². The van der Waals surface area contributed by atoms with E-state index in [9.17, 15) is 9.59 Å². The van der Waals surface area contributed by atoms with Gasteiger partial charge in [0.05, 0.1) is 11.9 Å². The molecule has 4 aliphatic rings. The molecule has 6 rings (SSSR count). The minimum Gasteiger partial charge on any atom is -0.339 e. The van der Waals surface area contributed by atoms with Crippen LogP contribution >= 0.6 is 0 Å². The highest BCUT2D eigenvalue weighted by molar-refractivity contribution is 5.67. The van der Waals surface area contributed by atoms with E-state index in [4.69, 9.17) is 0 Å². The molecule has 0 saturated heterocycles. The largest absolute Gasteiger partial charge is 0.339 e. The minimum atomic E-state index is -0.290. The lowest BCUT2D eigenvalue weighted by Crippen LogP contribution is -2.51. The minimum absolute atomic E-state index is 0.184. The predicted octanol–water partition coefficient (Wildman–Crippen LogP) is 3.14. The Morgan fingerprint density at radius 2 is 1.96 bits per heavy atom. The molecule has 4 bridgehead atoms. The van der Waals surface area contributed by atoms with Crippen molar-refractivity contribution >= 4 is 11.2 Å². The van der Waals surface area contributed by atoms with Gasteiger partial charge in [0.25, 0.3) is 5.56 Å². The fourth-order valence-electron chi connectivity index (χ4n) is 7.56. The quantitative estimate of drug-likeness (QED) is 0.863. The van der Waals surface area contributed by atoms with Crippen molar-refractivity contribution in [2.24, 2.45) is 23.2 Å². The van der Waals surface area contributed by atoms with E-state index in [0.717, 1.165) is 12.8 Å². The average Bonchev–Trinajstić information content (AvgIpc) is 3.20. The Bertz CT molecular complexity index is 964. The van der Waals surface area contributed by atoms with Gasteiger partial charge in [0.1, 0.15) is 5.52 Å². The molecule has 4 atom stereocenters. The number of aromatic amines is 2. The molecule has 0 aliphatic heterocycles. The molecule has 26 heavy (non-hydrogen) atoms. The first-order chi connectivity index (χ1) is 12.6. The van der Waals surface area contributed by atoms with E-state index in [2.05, 4.69) is 28.8 Å². The Kier molecular flexibility index (Phi) is 3.35. The summed E-state index contributed by atoms with van der Waals surface area (Å²) in [7, 11) is 0. The molecule has 0 radical (unpaired) electrons. The van der Waals surface area contributed by atoms with Crippen LogP contribution in [0.3, 0.4) is 0 Å². The lowest BCUT2D eigenvalue weighted by molar-refractivity contribution is 0.0429. The van der Waals surface area contributed by atoms with Crippen molar-refractivity contribution < 1.29 is 0 Å². The molecule has 2 aromatic heterocycles. The summed E-state index contributed by atoms with van der Waals surface area (Å²) < 4.78 is 1.61. The molecule has 0 aromatic carbocycles. The first-order valence-corrected chi connectivity index (χ1v) is 10.2. The van der Waals surface area contributed by atoms with E-state index in [1.807, 2.05) is 0 Å². The Morgan fingerprint density at radius 3 is 2.69 bits per heavy atom. The van der Waals surface area contributed by atoms with Gasteiger partial charge in [-0.3, -0.25) is 14.3 Å². The van der Waals surface area contributed by atoms with Crippen molar-refractivity contribution in [1.82, 2.24) is 19.5 Å². The molecule has 2 aromatic rings. The Labute approximate surface area is 152 Å². The molecule has 4 aliphatic carbocycles. The molecule has 4 unspecified atom stereocenters. The number of nitrogens with one attached hydrogen (secondary N) is 2. The molecule has 6 nitrogen and oxygen atoms in total. The van der Waals surface area contributed by atoms with Crippen LogP contribution in [0.2, 0.25) is 0 Å². The van der Waals surface area contributed by atoms with Gasteiger partial charge in [-0.15, -0.1) is 0 Å². The first-order valence-electron chi connectivity index (χ1n) is 10.2. The van der Waals surface area contributed by atoms with Crippen molar-refractivity contribution in [2.45, 2.75) is 70.8 Å². The van der Waals surface area contributed by atoms with E-state index < -0.39 is 0 Å². The van der Waals surface area contributed by atoms with E-state index in [-0.39, 0.29) is 16.8 Å². The summed E-state index contributed by atoms with van der Waals surface area (Å²) in [5.74, 6) is 1.78. The highest BCUT2D eigenvalue weighted by Gasteiger charge is 2.69. The fraction of sp³-hybridized carbons (Fsp3) is 0.750. The molecule has 140 valence electrons. The molecule has 2 heterocycles. The van der Waals surface area contributed by atoms with Crippen LogP contribution in [0.15, 0.2) is 15.9 Å². The SMILES string of the molecule is CCCC1(CCC)C2CC3CC1C(n1c(=O)[nH]c4nc[nH]c4c1=O)(C3)C2. The van der Waals surface area contributed by atoms with Crippen molar-refractivity contribution in [1.29, 1.82) is 0 Å². The third-order valence-electron chi connectivity index (χ3n) is 7.95. The number of imidazole rings is 1. The van der Waals surface area contributed by atoms with Crippen LogP contribution < -0.4 is 11.2 Å². The highest BCUT2D eigenvalue weighted by atomic mass is 16.2. The molecule has 4 saturated carbocycles. The Balaban J connectivity index is 1.73. The summed E-state index contributed by atoms with van der Waals surface area (Å²) in [6.07, 6.45) is 10.8. The topological polar surface area (TPSA) is 83.5 Å². The van der Waals surface area contributed by atoms with Crippen molar-refractivity contribution in [2.75, 3.05) is 0 Å². The number of H-pyrrole nitrogens is 2. The third kappa shape index (κ3) is 1.80. The second-order valence-electron chi connectivity index (χ2n) is 9.03. The van der Waals surface area contributed by atoms with Gasteiger partial charge in [-0.2, -0.15) is 0 Å². The van der Waals surface area contributed by atoms with Crippen LogP contribution in [0.4, 0.5) is 0 Å². The van der Waals surface area contributed by atoms with Gasteiger partial charge in [-0.05, 0) is 61.7 Å². The monoisotopic (exact) mass is 356 g/mol. The van der Waals surface area contributed by atoms with Crippen LogP contribution in [0.5, 0.6) is 0 Å². The molecule has 0 amide bonds. The van der Waals surface area contributed by atoms with E-state index in [1.165, 1.54) is 44.9 Å². The maximum absolute atomic E-state index is 13.3. The lowest BCUT2D eigenvalue weighted by Gasteiger charge is -2.45. The van der Waals surface area contributed by atoms with Gasteiger partial charge >= 0.3 is 5.69 Å². The van der Waals surface area contributed by atoms with Crippen molar-refractivity contribution in [3.8, 4) is 0 Å². The second-order valence-corrected chi connectivity index (χ2v) is 9.03. The number of aromatic nitrogens is 4. The summed E-state index contributed by atoms with van der Waals surface area (Å²) in [4.78, 5) is 36.1. The van der Waals surface area contributed by atoms with Gasteiger partial charge in [-0.1, -0.05) is 26.7 Å². The summed E-state index contributed by atoms with van der Waals surface area (Å²) >= 11 is 0. The van der Waals surface area contributed by atoms with Crippen molar-refractivity contribution in [3.05, 3.63) is 27.2 Å². The maximum Gasteiger partial charge on any atom is 0.330 e. The molecule has 4 fully saturated rings. The summed E-state index contributed by atoms with van der Waals surface area (Å²) in [6.45, 7) is 4.55. The number of nitrogens with zero attached hydrogens (tertiary/aromatic N) is 2. The molecular weight excluding hydrogens is 328 g/mol. The van der Waals surface area contributed by atoms with Crippen molar-refractivity contribution in [3.63, 3.8) is 0 Å². The number of hydrogen-bond donors (Lipinski definition) is 2. The zero-order valence-corrected chi connectivity index (χ0v) is 15.7. The average molecular weight is 356 g/mol. The number of hydrogen-bond acceptors (Lipinski definition) is 3. The van der Waals surface area contributed by atoms with Crippen LogP contribution in [0.25, 0.3) is 11.2 Å². The van der Waals surface area contributed by atoms with Gasteiger partial charge < -0.3 is 4.98 Å². The second kappa shape index (κ2) is 5.33. The van der Waals surface area contributed by atoms with E-state index in [1.54, 1.807) is 4.57 Å². The Morgan fingerprint density at radius 1 is 1.19 bits per heavy atom. The molecular formula is C20H28N4O2. The van der Waals surface area contributed by atoms with Gasteiger partial charge in [-0.25, -0.2) is 9.78 Å². The third-order valence-corrected chi connectivity index (χ3v) is 7.95. The summed E-state index contributed by atoms with van der Waals surface area (Å²) in [5.41, 5.74) is 0.370. The van der Waals surface area contributed by atoms with Crippen LogP contribution in [-0.2, 0) is 5.54 Å². The lowest BCUT2D eigenvalue weighted by atomic mass is 9.60. The number of fused-ring (bicyclic) bond motifs is 1. The molecule has 2 N–H and O–H groups in total. The predicted molar refractivity (Wildman–Crippen MR) is 100 cm³/mol. The standard InChI is InChI=1S/C20H28N4O2/c1-3-5-19(6-4-2)13-7-12-8-14(19)20(9-12,10-13)24-17(25)15-16(22-11-21-15)23-18(24)26/h11-14H,3-10H2,1-2H3,(H,21,22)(H,23,26). The smallest absolute Gasteiger partial charge is 0.330 e. The normalized spacial score (nSPS) is 34.2. The fourth-order valence-corrected chi connectivity index (χ4v) is 7.56. The summed E-state index contributed by atoms with van der Waals surface area (Å²) in [5, 5.41) is 0.